The van der Waals surface area contributed by atoms with Crippen LogP contribution in [0.4, 0.5) is 0 Å². The number of hydrazine groups is 1. The molecule has 0 radical (unpaired) electrons. The number of carbonyl (C=O) groups is 1. The van der Waals surface area contributed by atoms with E-state index in [2.05, 4.69) is 21.1 Å². The van der Waals surface area contributed by atoms with Crippen molar-refractivity contribution < 1.29 is 9.90 Å². The van der Waals surface area contributed by atoms with Crippen molar-refractivity contribution in [3.63, 3.8) is 0 Å². The summed E-state index contributed by atoms with van der Waals surface area (Å²) < 4.78 is 0. The Labute approximate surface area is 106 Å². The molecule has 3 aliphatic heterocycles. The van der Waals surface area contributed by atoms with Crippen molar-refractivity contribution in [1.29, 1.82) is 0 Å². The molecule has 1 atom stereocenters. The summed E-state index contributed by atoms with van der Waals surface area (Å²) in [6.45, 7) is 2.36. The first-order valence-electron chi connectivity index (χ1n) is 5.79. The molecule has 3 rings (SSSR count). The maximum atomic E-state index is 12.0. The van der Waals surface area contributed by atoms with Crippen LogP contribution < -0.4 is 16.2 Å². The Bertz CT molecular complexity index is 330. The highest BCUT2D eigenvalue weighted by molar-refractivity contribution is 7.80. The van der Waals surface area contributed by atoms with Gasteiger partial charge in [-0.2, -0.15) is 0 Å². The van der Waals surface area contributed by atoms with E-state index in [1.54, 1.807) is 7.05 Å². The molecule has 3 heterocycles. The fraction of sp³-hybridized carbons (Fsp3) is 0.800. The number of hydrogen-bond donors (Lipinski definition) is 4. The third kappa shape index (κ3) is 2.36. The van der Waals surface area contributed by atoms with Crippen LogP contribution >= 0.6 is 12.2 Å². The lowest BCUT2D eigenvalue weighted by Gasteiger charge is -2.49. The van der Waals surface area contributed by atoms with Crippen LogP contribution in [0.15, 0.2) is 0 Å². The molecular weight excluding hydrogens is 240 g/mol. The number of fused-ring (bicyclic) bond motifs is 3. The summed E-state index contributed by atoms with van der Waals surface area (Å²) in [7, 11) is 1.66. The Kier molecular flexibility index (Phi) is 3.50. The van der Waals surface area contributed by atoms with Crippen molar-refractivity contribution in [2.45, 2.75) is 18.4 Å². The highest BCUT2D eigenvalue weighted by atomic mass is 32.1. The molecule has 0 aromatic heterocycles. The Morgan fingerprint density at radius 3 is 2.53 bits per heavy atom. The minimum Gasteiger partial charge on any atom is -0.378 e. The number of nitrogens with one attached hydrogen (secondary N) is 3. The van der Waals surface area contributed by atoms with Gasteiger partial charge in [0.1, 0.15) is 0 Å². The zero-order valence-electron chi connectivity index (χ0n) is 9.82. The molecule has 7 heteroatoms. The normalized spacial score (nSPS) is 35.2. The molecule has 0 aromatic rings. The van der Waals surface area contributed by atoms with Crippen molar-refractivity contribution in [2.24, 2.45) is 5.92 Å². The molecular formula is C10H18N4O2S. The van der Waals surface area contributed by atoms with Crippen molar-refractivity contribution >= 4 is 23.2 Å². The molecule has 0 unspecified atom stereocenters. The van der Waals surface area contributed by atoms with Crippen molar-refractivity contribution in [1.82, 2.24) is 21.1 Å². The van der Waals surface area contributed by atoms with E-state index in [0.29, 0.717) is 11.7 Å². The van der Waals surface area contributed by atoms with Crippen LogP contribution in [0.5, 0.6) is 0 Å². The number of rotatable bonds is 1. The highest BCUT2D eigenvalue weighted by Gasteiger charge is 2.50. The van der Waals surface area contributed by atoms with Gasteiger partial charge in [-0.15, -0.1) is 0 Å². The molecule has 0 spiro atoms. The van der Waals surface area contributed by atoms with E-state index < -0.39 is 11.5 Å². The second-order valence-electron chi connectivity index (χ2n) is 4.63. The van der Waals surface area contributed by atoms with Crippen molar-refractivity contribution in [3.05, 3.63) is 0 Å². The van der Waals surface area contributed by atoms with E-state index in [9.17, 15) is 9.90 Å². The van der Waals surface area contributed by atoms with Crippen LogP contribution in [0, 0.1) is 5.92 Å². The van der Waals surface area contributed by atoms with Crippen LogP contribution in [-0.2, 0) is 4.79 Å². The van der Waals surface area contributed by atoms with Gasteiger partial charge in [-0.1, -0.05) is 0 Å². The van der Waals surface area contributed by atoms with Gasteiger partial charge in [0.15, 0.2) is 10.7 Å². The van der Waals surface area contributed by atoms with Crippen LogP contribution in [0.3, 0.4) is 0 Å². The Morgan fingerprint density at radius 2 is 2.06 bits per heavy atom. The Balaban J connectivity index is 1.96. The maximum Gasteiger partial charge on any atom is 0.271 e. The molecule has 0 saturated carbocycles. The summed E-state index contributed by atoms with van der Waals surface area (Å²) in [6, 6.07) is 0. The van der Waals surface area contributed by atoms with Crippen molar-refractivity contribution in [3.8, 4) is 0 Å². The van der Waals surface area contributed by atoms with Crippen LogP contribution in [0.2, 0.25) is 0 Å². The van der Waals surface area contributed by atoms with E-state index in [0.717, 1.165) is 25.9 Å². The minimum atomic E-state index is -1.28. The predicted molar refractivity (Wildman–Crippen MR) is 67.0 cm³/mol. The first-order valence-corrected chi connectivity index (χ1v) is 6.20. The maximum absolute atomic E-state index is 12.0. The van der Waals surface area contributed by atoms with E-state index in [1.807, 2.05) is 0 Å². The topological polar surface area (TPSA) is 76.6 Å². The van der Waals surface area contributed by atoms with E-state index in [4.69, 9.17) is 12.2 Å². The summed E-state index contributed by atoms with van der Waals surface area (Å²) in [4.78, 5) is 14.1. The molecule has 96 valence electrons. The lowest BCUT2D eigenvalue weighted by Crippen LogP contribution is -2.67. The Morgan fingerprint density at radius 1 is 1.41 bits per heavy atom. The summed E-state index contributed by atoms with van der Waals surface area (Å²) in [5.74, 6) is -0.345. The molecule has 2 bridgehead atoms. The molecule has 6 nitrogen and oxygen atoms in total. The fourth-order valence-corrected chi connectivity index (χ4v) is 2.63. The third-order valence-corrected chi connectivity index (χ3v) is 3.94. The van der Waals surface area contributed by atoms with Crippen LogP contribution in [0.1, 0.15) is 12.8 Å². The first-order chi connectivity index (χ1) is 8.06. The van der Waals surface area contributed by atoms with Gasteiger partial charge in [0.2, 0.25) is 0 Å². The van der Waals surface area contributed by atoms with Gasteiger partial charge in [-0.05, 0) is 38.1 Å². The molecule has 0 aromatic carbocycles. The second-order valence-corrected chi connectivity index (χ2v) is 5.04. The Hall–Kier alpha value is -0.920. The monoisotopic (exact) mass is 258 g/mol. The average molecular weight is 258 g/mol. The number of hydrogen-bond acceptors (Lipinski definition) is 4. The molecule has 1 amide bonds. The summed E-state index contributed by atoms with van der Waals surface area (Å²) in [5, 5.41) is 13.5. The number of aliphatic hydroxyl groups is 1. The summed E-state index contributed by atoms with van der Waals surface area (Å²) in [6.07, 6.45) is 1.75. The standard InChI is InChI=1S/C10H18N4O2S/c1-11-9(17)13-12-8(15)10(16)6-14-4-2-7(10)3-5-14/h7,16H,2-6H2,1H3,(H,12,15)(H2,11,13,17)/t10-/m0/s1. The zero-order valence-corrected chi connectivity index (χ0v) is 10.6. The molecule has 17 heavy (non-hydrogen) atoms. The lowest BCUT2D eigenvalue weighted by atomic mass is 9.75. The molecule has 3 fully saturated rings. The molecule has 3 aliphatic rings. The highest BCUT2D eigenvalue weighted by Crippen LogP contribution is 2.35. The smallest absolute Gasteiger partial charge is 0.271 e. The summed E-state index contributed by atoms with van der Waals surface area (Å²) >= 11 is 4.85. The first kappa shape index (κ1) is 12.5. The minimum absolute atomic E-state index is 0.0532. The summed E-state index contributed by atoms with van der Waals surface area (Å²) in [5.41, 5.74) is 3.73. The third-order valence-electron chi connectivity index (χ3n) is 3.64. The number of amides is 1. The fourth-order valence-electron chi connectivity index (χ4n) is 2.58. The number of carbonyl (C=O) groups excluding carboxylic acids is 1. The lowest BCUT2D eigenvalue weighted by molar-refractivity contribution is -0.162. The van der Waals surface area contributed by atoms with Gasteiger partial charge in [0, 0.05) is 19.5 Å². The van der Waals surface area contributed by atoms with Gasteiger partial charge >= 0.3 is 0 Å². The predicted octanol–water partition coefficient (Wildman–Crippen LogP) is -1.43. The van der Waals surface area contributed by atoms with E-state index in [1.165, 1.54) is 0 Å². The molecule has 3 saturated heterocycles. The van der Waals surface area contributed by atoms with Gasteiger partial charge in [0.25, 0.3) is 5.91 Å². The van der Waals surface area contributed by atoms with Crippen molar-refractivity contribution in [2.75, 3.05) is 26.7 Å². The van der Waals surface area contributed by atoms with Gasteiger partial charge in [-0.3, -0.25) is 20.5 Å². The zero-order chi connectivity index (χ0) is 12.5. The van der Waals surface area contributed by atoms with E-state index >= 15 is 0 Å². The van der Waals surface area contributed by atoms with E-state index in [-0.39, 0.29) is 5.92 Å². The molecule has 4 N–H and O–H groups in total. The average Bonchev–Trinajstić information content (AvgIpc) is 2.36. The SMILES string of the molecule is CNC(=S)NNC(=O)[C@]1(O)CN2CCC1CC2. The van der Waals surface area contributed by atoms with Gasteiger partial charge in [-0.25, -0.2) is 0 Å². The van der Waals surface area contributed by atoms with Gasteiger partial charge in [0.05, 0.1) is 0 Å². The number of nitrogens with zero attached hydrogens (tertiary/aromatic N) is 1. The molecule has 0 aliphatic carbocycles. The van der Waals surface area contributed by atoms with Gasteiger partial charge < -0.3 is 10.4 Å². The van der Waals surface area contributed by atoms with Crippen LogP contribution in [-0.4, -0.2) is 53.3 Å². The quantitative estimate of drug-likeness (QED) is 0.341. The number of piperidine rings is 3. The van der Waals surface area contributed by atoms with Crippen LogP contribution in [0.25, 0.3) is 0 Å². The largest absolute Gasteiger partial charge is 0.378 e. The number of thiocarbonyl (C=S) groups is 1. The second kappa shape index (κ2) is 4.75.